The summed E-state index contributed by atoms with van der Waals surface area (Å²) in [6.07, 6.45) is 0. The molecule has 2 aromatic carbocycles. The highest BCUT2D eigenvalue weighted by Gasteiger charge is 2.16. The first-order valence-electron chi connectivity index (χ1n) is 7.39. The number of piperazine rings is 1. The van der Waals surface area contributed by atoms with Crippen LogP contribution in [0, 0.1) is 0 Å². The highest BCUT2D eigenvalue weighted by molar-refractivity contribution is 5.85. The predicted octanol–water partition coefficient (Wildman–Crippen LogP) is 2.37. The lowest BCUT2D eigenvalue weighted by atomic mass is 10.0. The molecule has 1 aliphatic rings. The number of aliphatic hydroxyl groups is 1. The maximum absolute atomic E-state index is 8.98. The Morgan fingerprint density at radius 3 is 2.29 bits per heavy atom. The quantitative estimate of drug-likeness (QED) is 0.939. The summed E-state index contributed by atoms with van der Waals surface area (Å²) in [6, 6.07) is 15.2. The van der Waals surface area contributed by atoms with Crippen LogP contribution in [0.15, 0.2) is 42.5 Å². The van der Waals surface area contributed by atoms with Crippen molar-refractivity contribution in [3.63, 3.8) is 0 Å². The molecule has 0 atom stereocenters. The van der Waals surface area contributed by atoms with E-state index in [1.54, 1.807) is 0 Å². The molecule has 1 N–H and O–H groups in total. The molecule has 3 rings (SSSR count). The van der Waals surface area contributed by atoms with Crippen LogP contribution in [0.5, 0.6) is 0 Å². The topological polar surface area (TPSA) is 26.7 Å². The Labute approximate surface area is 132 Å². The second-order valence-electron chi connectivity index (χ2n) is 5.48. The molecule has 0 radical (unpaired) electrons. The van der Waals surface area contributed by atoms with Gasteiger partial charge in [-0.2, -0.15) is 0 Å². The number of nitrogens with zero attached hydrogens (tertiary/aromatic N) is 2. The van der Waals surface area contributed by atoms with Crippen LogP contribution >= 0.6 is 12.4 Å². The van der Waals surface area contributed by atoms with E-state index in [2.05, 4.69) is 52.3 Å². The average molecular weight is 307 g/mol. The van der Waals surface area contributed by atoms with Crippen molar-refractivity contribution in [2.24, 2.45) is 0 Å². The van der Waals surface area contributed by atoms with Crippen molar-refractivity contribution < 1.29 is 5.11 Å². The lowest BCUT2D eigenvalue weighted by Crippen LogP contribution is -2.46. The summed E-state index contributed by atoms with van der Waals surface area (Å²) in [5.41, 5.74) is 1.42. The lowest BCUT2D eigenvalue weighted by molar-refractivity contribution is 0.109. The summed E-state index contributed by atoms with van der Waals surface area (Å²) in [4.78, 5) is 4.84. The monoisotopic (exact) mass is 306 g/mol. The standard InChI is InChI=1S/C17H22N2O.ClH/c20-13-12-18-8-10-19(11-9-18)14-16-6-3-5-15-4-1-2-7-17(15)16;/h1-7,20H,8-14H2;1H. The molecule has 1 fully saturated rings. The molecule has 114 valence electrons. The maximum atomic E-state index is 8.98. The number of halogens is 1. The van der Waals surface area contributed by atoms with Gasteiger partial charge in [0, 0.05) is 39.3 Å². The molecule has 0 unspecified atom stereocenters. The van der Waals surface area contributed by atoms with Gasteiger partial charge in [0.1, 0.15) is 0 Å². The first kappa shape index (κ1) is 16.2. The Morgan fingerprint density at radius 1 is 0.857 bits per heavy atom. The molecule has 0 amide bonds. The van der Waals surface area contributed by atoms with E-state index in [4.69, 9.17) is 5.11 Å². The largest absolute Gasteiger partial charge is 0.395 e. The second kappa shape index (κ2) is 7.76. The molecule has 4 heteroatoms. The van der Waals surface area contributed by atoms with Gasteiger partial charge < -0.3 is 5.11 Å². The fourth-order valence-corrected chi connectivity index (χ4v) is 2.98. The van der Waals surface area contributed by atoms with Crippen molar-refractivity contribution in [2.45, 2.75) is 6.54 Å². The van der Waals surface area contributed by atoms with Gasteiger partial charge in [-0.15, -0.1) is 12.4 Å². The Hall–Kier alpha value is -1.13. The number of fused-ring (bicyclic) bond motifs is 1. The molecular weight excluding hydrogens is 284 g/mol. The number of hydrogen-bond donors (Lipinski definition) is 1. The summed E-state index contributed by atoms with van der Waals surface area (Å²) in [7, 11) is 0. The number of rotatable bonds is 4. The number of aliphatic hydroxyl groups excluding tert-OH is 1. The molecule has 1 heterocycles. The molecule has 2 aromatic rings. The highest BCUT2D eigenvalue weighted by Crippen LogP contribution is 2.20. The molecule has 0 spiro atoms. The van der Waals surface area contributed by atoms with Gasteiger partial charge in [-0.05, 0) is 16.3 Å². The second-order valence-corrected chi connectivity index (χ2v) is 5.48. The van der Waals surface area contributed by atoms with E-state index in [-0.39, 0.29) is 19.0 Å². The summed E-state index contributed by atoms with van der Waals surface area (Å²) in [5, 5.41) is 11.7. The zero-order valence-corrected chi connectivity index (χ0v) is 13.1. The summed E-state index contributed by atoms with van der Waals surface area (Å²) in [6.45, 7) is 6.39. The van der Waals surface area contributed by atoms with Crippen LogP contribution in [0.3, 0.4) is 0 Å². The third kappa shape index (κ3) is 3.95. The van der Waals surface area contributed by atoms with E-state index >= 15 is 0 Å². The van der Waals surface area contributed by atoms with Gasteiger partial charge >= 0.3 is 0 Å². The minimum atomic E-state index is 0. The average Bonchev–Trinajstić information content (AvgIpc) is 2.50. The number of benzene rings is 2. The van der Waals surface area contributed by atoms with Crippen molar-refractivity contribution in [1.29, 1.82) is 0 Å². The molecule has 0 saturated carbocycles. The van der Waals surface area contributed by atoms with E-state index < -0.39 is 0 Å². The molecule has 0 aliphatic carbocycles. The molecule has 1 aliphatic heterocycles. The SMILES string of the molecule is Cl.OCCN1CCN(Cc2cccc3ccccc23)CC1. The van der Waals surface area contributed by atoms with Gasteiger partial charge in [0.2, 0.25) is 0 Å². The summed E-state index contributed by atoms with van der Waals surface area (Å²) < 4.78 is 0. The molecule has 0 aromatic heterocycles. The highest BCUT2D eigenvalue weighted by atomic mass is 35.5. The Morgan fingerprint density at radius 2 is 1.52 bits per heavy atom. The fraction of sp³-hybridized carbons (Fsp3) is 0.412. The minimum absolute atomic E-state index is 0. The predicted molar refractivity (Wildman–Crippen MR) is 90.0 cm³/mol. The van der Waals surface area contributed by atoms with Crippen LogP contribution in [0.1, 0.15) is 5.56 Å². The third-order valence-electron chi connectivity index (χ3n) is 4.16. The van der Waals surface area contributed by atoms with Crippen LogP contribution in [-0.4, -0.2) is 54.2 Å². The van der Waals surface area contributed by atoms with Crippen LogP contribution in [0.25, 0.3) is 10.8 Å². The first-order valence-corrected chi connectivity index (χ1v) is 7.39. The van der Waals surface area contributed by atoms with E-state index in [0.717, 1.165) is 39.3 Å². The van der Waals surface area contributed by atoms with Crippen molar-refractivity contribution in [1.82, 2.24) is 9.80 Å². The third-order valence-corrected chi connectivity index (χ3v) is 4.16. The van der Waals surface area contributed by atoms with Crippen LogP contribution in [0.2, 0.25) is 0 Å². The van der Waals surface area contributed by atoms with Crippen molar-refractivity contribution >= 4 is 23.2 Å². The number of hydrogen-bond acceptors (Lipinski definition) is 3. The smallest absolute Gasteiger partial charge is 0.0558 e. The van der Waals surface area contributed by atoms with E-state index in [9.17, 15) is 0 Å². The van der Waals surface area contributed by atoms with Gasteiger partial charge in [0.05, 0.1) is 6.61 Å². The van der Waals surface area contributed by atoms with Gasteiger partial charge in [-0.1, -0.05) is 42.5 Å². The summed E-state index contributed by atoms with van der Waals surface area (Å²) in [5.74, 6) is 0. The van der Waals surface area contributed by atoms with E-state index in [0.29, 0.717) is 0 Å². The number of β-amino-alcohol motifs (C(OH)–C–C–N with tert-alkyl or cyclic N) is 1. The Balaban J connectivity index is 0.00000161. The molecule has 0 bridgehead atoms. The van der Waals surface area contributed by atoms with E-state index in [1.165, 1.54) is 16.3 Å². The van der Waals surface area contributed by atoms with Gasteiger partial charge in [0.15, 0.2) is 0 Å². The normalized spacial score (nSPS) is 16.8. The molecule has 1 saturated heterocycles. The first-order chi connectivity index (χ1) is 9.86. The van der Waals surface area contributed by atoms with Crippen LogP contribution in [-0.2, 0) is 6.54 Å². The summed E-state index contributed by atoms with van der Waals surface area (Å²) >= 11 is 0. The molecule has 21 heavy (non-hydrogen) atoms. The molecular formula is C17H23ClN2O. The fourth-order valence-electron chi connectivity index (χ4n) is 2.98. The van der Waals surface area contributed by atoms with Gasteiger partial charge in [-0.25, -0.2) is 0 Å². The lowest BCUT2D eigenvalue weighted by Gasteiger charge is -2.34. The zero-order valence-electron chi connectivity index (χ0n) is 12.2. The van der Waals surface area contributed by atoms with Crippen LogP contribution < -0.4 is 0 Å². The molecule has 3 nitrogen and oxygen atoms in total. The Bertz CT molecular complexity index is 562. The van der Waals surface area contributed by atoms with Crippen LogP contribution in [0.4, 0.5) is 0 Å². The van der Waals surface area contributed by atoms with Crippen molar-refractivity contribution in [2.75, 3.05) is 39.3 Å². The van der Waals surface area contributed by atoms with E-state index in [1.807, 2.05) is 0 Å². The zero-order chi connectivity index (χ0) is 13.8. The van der Waals surface area contributed by atoms with Gasteiger partial charge in [-0.3, -0.25) is 9.80 Å². The minimum Gasteiger partial charge on any atom is -0.395 e. The van der Waals surface area contributed by atoms with Gasteiger partial charge in [0.25, 0.3) is 0 Å². The van der Waals surface area contributed by atoms with Crippen molar-refractivity contribution in [3.8, 4) is 0 Å². The maximum Gasteiger partial charge on any atom is 0.0558 e. The van der Waals surface area contributed by atoms with Crippen molar-refractivity contribution in [3.05, 3.63) is 48.0 Å². The Kier molecular flexibility index (Phi) is 6.00.